The molecule has 1 atom stereocenters. The summed E-state index contributed by atoms with van der Waals surface area (Å²) in [4.78, 5) is 52.2. The maximum Gasteiger partial charge on any atom is 0.220 e. The van der Waals surface area contributed by atoms with Crippen LogP contribution in [0.3, 0.4) is 0 Å². The Balaban J connectivity index is 1.07. The molecule has 5 aliphatic carbocycles. The number of ether oxygens (including phenoxy) is 1. The fourth-order valence-corrected chi connectivity index (χ4v) is 8.94. The zero-order valence-corrected chi connectivity index (χ0v) is 25.5. The van der Waals surface area contributed by atoms with Crippen molar-refractivity contribution in [1.82, 2.24) is 10.6 Å². The van der Waals surface area contributed by atoms with E-state index in [4.69, 9.17) is 4.74 Å². The van der Waals surface area contributed by atoms with Crippen LogP contribution >= 0.6 is 0 Å². The van der Waals surface area contributed by atoms with Crippen molar-refractivity contribution in [3.8, 4) is 17.2 Å². The number of aromatic hydroxyl groups is 2. The number of allylic oxidation sites excluding steroid dienone is 4. The second kappa shape index (κ2) is 10.5. The molecule has 1 aliphatic heterocycles. The van der Waals surface area contributed by atoms with Crippen LogP contribution in [0.1, 0.15) is 106 Å². The van der Waals surface area contributed by atoms with Crippen LogP contribution in [0, 0.1) is 24.7 Å². The number of hydrogen-bond acceptors (Lipinski definition) is 8. The number of nitrogens with one attached hydrogen (secondary N) is 2. The molecule has 230 valence electrons. The molecule has 0 radical (unpaired) electrons. The lowest BCUT2D eigenvalue weighted by Crippen LogP contribution is -2.59. The van der Waals surface area contributed by atoms with Gasteiger partial charge in [-0.3, -0.25) is 19.2 Å². The van der Waals surface area contributed by atoms with Crippen molar-refractivity contribution >= 4 is 23.3 Å². The lowest BCUT2D eigenvalue weighted by Gasteiger charge is -2.56. The number of phenols is 2. The van der Waals surface area contributed by atoms with Gasteiger partial charge in [0.25, 0.3) is 0 Å². The number of phenolic OH excluding ortho intramolecular Hbond substituents is 2. The first kappa shape index (κ1) is 29.5. The van der Waals surface area contributed by atoms with E-state index in [0.717, 1.165) is 56.3 Å². The zero-order valence-electron chi connectivity index (χ0n) is 25.5. The molecule has 1 heterocycles. The van der Waals surface area contributed by atoms with Crippen molar-refractivity contribution in [3.63, 3.8) is 0 Å². The number of hydrogen-bond donors (Lipinski definition) is 4. The molecule has 4 N–H and O–H groups in total. The number of carbonyl (C=O) groups is 4. The maximum absolute atomic E-state index is 13.9. The molecule has 0 aromatic heterocycles. The highest BCUT2D eigenvalue weighted by molar-refractivity contribution is 6.31. The van der Waals surface area contributed by atoms with Crippen LogP contribution in [-0.4, -0.2) is 45.6 Å². The van der Waals surface area contributed by atoms with Gasteiger partial charge in [-0.15, -0.1) is 0 Å². The summed E-state index contributed by atoms with van der Waals surface area (Å²) in [6, 6.07) is 0. The summed E-state index contributed by atoms with van der Waals surface area (Å²) in [5, 5.41) is 28.1. The molecule has 1 aromatic rings. The number of unbranched alkanes of at least 4 members (excludes halogenated alkanes) is 2. The summed E-state index contributed by atoms with van der Waals surface area (Å²) in [5.74, 6) is 0.132. The van der Waals surface area contributed by atoms with Gasteiger partial charge in [-0.25, -0.2) is 0 Å². The van der Waals surface area contributed by atoms with Gasteiger partial charge in [0.15, 0.2) is 17.3 Å². The Morgan fingerprint density at radius 1 is 0.977 bits per heavy atom. The number of ketones is 3. The molecule has 7 rings (SSSR count). The van der Waals surface area contributed by atoms with Gasteiger partial charge in [0.2, 0.25) is 5.91 Å². The fraction of sp³-hybridized carbons (Fsp3) is 0.588. The molecular formula is C34H42N2O7. The standard InChI is InChI=1S/C34H42N2O7/c1-17-29(40)27(19(3)37)31-28(30(17)41)33(4)24(43-31)13-23(38)26(32(33)42)18(2)35-9-7-5-6-8-25(39)36-34-14-20-10-21(15-34)12-22(11-20)16-34/h13,20-22,35,40-41H,5-12,14-16H2,1-4H3,(H,36,39)/b26-18+. The molecule has 1 unspecified atom stereocenters. The first-order chi connectivity index (χ1) is 20.3. The Kier molecular flexibility index (Phi) is 7.21. The van der Waals surface area contributed by atoms with Crippen molar-refractivity contribution < 1.29 is 34.1 Å². The van der Waals surface area contributed by atoms with E-state index >= 15 is 0 Å². The minimum absolute atomic E-state index is 0.0173. The van der Waals surface area contributed by atoms with E-state index in [1.165, 1.54) is 39.2 Å². The van der Waals surface area contributed by atoms with Crippen LogP contribution in [0.5, 0.6) is 17.2 Å². The lowest BCUT2D eigenvalue weighted by molar-refractivity contribution is -0.127. The van der Waals surface area contributed by atoms with Crippen LogP contribution in [0.4, 0.5) is 0 Å². The molecule has 0 saturated heterocycles. The third-order valence-corrected chi connectivity index (χ3v) is 10.7. The van der Waals surface area contributed by atoms with Crippen molar-refractivity contribution in [2.24, 2.45) is 17.8 Å². The topological polar surface area (TPSA) is 142 Å². The van der Waals surface area contributed by atoms with Crippen LogP contribution in [0.25, 0.3) is 0 Å². The Morgan fingerprint density at radius 3 is 2.21 bits per heavy atom. The van der Waals surface area contributed by atoms with Crippen molar-refractivity contribution in [2.75, 3.05) is 6.54 Å². The summed E-state index contributed by atoms with van der Waals surface area (Å²) in [6.07, 6.45) is 11.6. The number of Topliss-reactive ketones (excluding diaryl/α,β-unsaturated/α-hetero) is 2. The quantitative estimate of drug-likeness (QED) is 0.139. The van der Waals surface area contributed by atoms with E-state index in [1.807, 2.05) is 0 Å². The summed E-state index contributed by atoms with van der Waals surface area (Å²) >= 11 is 0. The first-order valence-electron chi connectivity index (χ1n) is 15.7. The van der Waals surface area contributed by atoms with E-state index < -0.39 is 28.5 Å². The zero-order chi connectivity index (χ0) is 30.8. The van der Waals surface area contributed by atoms with Crippen molar-refractivity contribution in [3.05, 3.63) is 39.8 Å². The molecule has 1 aromatic carbocycles. The lowest BCUT2D eigenvalue weighted by atomic mass is 9.53. The second-order valence-electron chi connectivity index (χ2n) is 13.9. The van der Waals surface area contributed by atoms with Crippen LogP contribution < -0.4 is 15.4 Å². The summed E-state index contributed by atoms with van der Waals surface area (Å²) in [6.45, 7) is 6.47. The van der Waals surface area contributed by atoms with E-state index in [2.05, 4.69) is 10.6 Å². The van der Waals surface area contributed by atoms with Gasteiger partial charge >= 0.3 is 0 Å². The molecule has 4 bridgehead atoms. The Labute approximate surface area is 252 Å². The molecule has 0 spiro atoms. The monoisotopic (exact) mass is 590 g/mol. The highest BCUT2D eigenvalue weighted by Gasteiger charge is 2.56. The Bertz CT molecular complexity index is 1470. The van der Waals surface area contributed by atoms with Crippen molar-refractivity contribution in [2.45, 2.75) is 103 Å². The van der Waals surface area contributed by atoms with E-state index in [9.17, 15) is 29.4 Å². The smallest absolute Gasteiger partial charge is 0.220 e. The maximum atomic E-state index is 13.9. The van der Waals surface area contributed by atoms with Gasteiger partial charge in [-0.1, -0.05) is 6.42 Å². The average molecular weight is 591 g/mol. The summed E-state index contributed by atoms with van der Waals surface area (Å²) in [5.41, 5.74) is -1.10. The van der Waals surface area contributed by atoms with E-state index in [1.54, 1.807) is 13.8 Å². The summed E-state index contributed by atoms with van der Waals surface area (Å²) < 4.78 is 5.82. The van der Waals surface area contributed by atoms with Gasteiger partial charge in [0.05, 0.1) is 11.1 Å². The van der Waals surface area contributed by atoms with Crippen LogP contribution in [0.2, 0.25) is 0 Å². The molecule has 43 heavy (non-hydrogen) atoms. The molecule has 9 heteroatoms. The van der Waals surface area contributed by atoms with Crippen molar-refractivity contribution in [1.29, 1.82) is 0 Å². The third kappa shape index (κ3) is 4.75. The highest BCUT2D eigenvalue weighted by atomic mass is 16.5. The summed E-state index contributed by atoms with van der Waals surface area (Å²) in [7, 11) is 0. The molecule has 9 nitrogen and oxygen atoms in total. The number of amides is 1. The number of fused-ring (bicyclic) bond motifs is 3. The van der Waals surface area contributed by atoms with E-state index in [0.29, 0.717) is 18.7 Å². The molecular weight excluding hydrogens is 548 g/mol. The first-order valence-corrected chi connectivity index (χ1v) is 15.7. The molecule has 4 fully saturated rings. The number of rotatable bonds is 9. The Morgan fingerprint density at radius 2 is 1.60 bits per heavy atom. The minimum atomic E-state index is -1.53. The number of benzene rings is 1. The second-order valence-corrected chi connectivity index (χ2v) is 13.9. The predicted octanol–water partition coefficient (Wildman–Crippen LogP) is 4.80. The fourth-order valence-electron chi connectivity index (χ4n) is 8.94. The van der Waals surface area contributed by atoms with Gasteiger partial charge in [-0.2, -0.15) is 0 Å². The normalized spacial score (nSPS) is 31.3. The molecule has 4 saturated carbocycles. The minimum Gasteiger partial charge on any atom is -0.507 e. The average Bonchev–Trinajstić information content (AvgIpc) is 3.20. The SMILES string of the molecule is CC(=O)c1c(O)c(C)c(O)c2c1OC1=CC(=O)/C(=C(/C)NCCCCCC(=O)NC34CC5CC(CC(C5)C3)C4)C(=O)C12C. The van der Waals surface area contributed by atoms with E-state index in [-0.39, 0.29) is 51.0 Å². The largest absolute Gasteiger partial charge is 0.507 e. The van der Waals surface area contributed by atoms with Gasteiger partial charge in [-0.05, 0) is 96.8 Å². The highest BCUT2D eigenvalue weighted by Crippen LogP contribution is 2.58. The number of carbonyl (C=O) groups excluding carboxylic acids is 4. The van der Waals surface area contributed by atoms with Crippen LogP contribution in [0.15, 0.2) is 23.1 Å². The van der Waals surface area contributed by atoms with Gasteiger partial charge in [0, 0.05) is 35.8 Å². The van der Waals surface area contributed by atoms with Crippen LogP contribution in [-0.2, 0) is 19.8 Å². The molecule has 6 aliphatic rings. The van der Waals surface area contributed by atoms with Gasteiger partial charge in [0.1, 0.15) is 34.0 Å². The predicted molar refractivity (Wildman–Crippen MR) is 159 cm³/mol. The Hall–Kier alpha value is -3.62. The third-order valence-electron chi connectivity index (χ3n) is 10.7. The molecule has 1 amide bonds. The van der Waals surface area contributed by atoms with Gasteiger partial charge < -0.3 is 25.6 Å².